The van der Waals surface area contributed by atoms with Gasteiger partial charge in [0.05, 0.1) is 7.11 Å². The third-order valence-corrected chi connectivity index (χ3v) is 3.26. The second kappa shape index (κ2) is 7.12. The quantitative estimate of drug-likeness (QED) is 0.524. The Labute approximate surface area is 90.8 Å². The van der Waals surface area contributed by atoms with Gasteiger partial charge in [-0.15, -0.1) is 0 Å². The van der Waals surface area contributed by atoms with Gasteiger partial charge in [-0.25, -0.2) is 0 Å². The molecular weight excluding hydrogens is 198 g/mol. The summed E-state index contributed by atoms with van der Waals surface area (Å²) in [4.78, 5) is 11.2. The number of thioether (sulfide) groups is 1. The van der Waals surface area contributed by atoms with E-state index in [9.17, 15) is 4.79 Å². The van der Waals surface area contributed by atoms with E-state index in [0.29, 0.717) is 6.42 Å². The second-order valence-electron chi connectivity index (χ2n) is 3.62. The molecule has 0 aromatic heterocycles. The monoisotopic (exact) mass is 219 g/mol. The van der Waals surface area contributed by atoms with Crippen molar-refractivity contribution in [3.05, 3.63) is 0 Å². The maximum Gasteiger partial charge on any atom is 0.325 e. The van der Waals surface area contributed by atoms with Crippen LogP contribution >= 0.6 is 11.8 Å². The summed E-state index contributed by atoms with van der Waals surface area (Å²) < 4.78 is 4.62. The summed E-state index contributed by atoms with van der Waals surface area (Å²) in [7, 11) is 1.37. The first-order valence-electron chi connectivity index (χ1n) is 4.99. The molecule has 0 aromatic rings. The molecule has 0 aliphatic rings. The first-order chi connectivity index (χ1) is 6.54. The molecule has 0 saturated carbocycles. The highest BCUT2D eigenvalue weighted by atomic mass is 32.2. The van der Waals surface area contributed by atoms with Gasteiger partial charge in [-0.3, -0.25) is 4.79 Å². The fraction of sp³-hybridized carbons (Fsp3) is 0.900. The topological polar surface area (TPSA) is 52.3 Å². The third kappa shape index (κ3) is 5.50. The Hall–Kier alpha value is -0.220. The Morgan fingerprint density at radius 2 is 2.14 bits per heavy atom. The molecule has 4 heteroatoms. The largest absolute Gasteiger partial charge is 0.468 e. The van der Waals surface area contributed by atoms with Crippen LogP contribution in [0.1, 0.15) is 33.1 Å². The van der Waals surface area contributed by atoms with Crippen molar-refractivity contribution in [1.29, 1.82) is 0 Å². The van der Waals surface area contributed by atoms with Gasteiger partial charge in [0.15, 0.2) is 0 Å². The van der Waals surface area contributed by atoms with Gasteiger partial charge in [0, 0.05) is 0 Å². The summed E-state index contributed by atoms with van der Waals surface area (Å²) in [6, 6.07) is 0. The van der Waals surface area contributed by atoms with E-state index in [4.69, 9.17) is 5.73 Å². The SMILES string of the molecule is CCCSCCCC(C)(N)C(=O)OC. The van der Waals surface area contributed by atoms with Gasteiger partial charge >= 0.3 is 5.97 Å². The van der Waals surface area contributed by atoms with E-state index in [1.54, 1.807) is 6.92 Å². The number of methoxy groups -OCH3 is 1. The van der Waals surface area contributed by atoms with Gasteiger partial charge in [0.2, 0.25) is 0 Å². The molecule has 1 unspecified atom stereocenters. The Bertz CT molecular complexity index is 172. The molecule has 0 spiro atoms. The normalized spacial score (nSPS) is 14.9. The fourth-order valence-electron chi connectivity index (χ4n) is 1.12. The van der Waals surface area contributed by atoms with Gasteiger partial charge in [0.25, 0.3) is 0 Å². The molecule has 3 nitrogen and oxygen atoms in total. The standard InChI is InChI=1S/C10H21NO2S/c1-4-7-14-8-5-6-10(2,11)9(12)13-3/h4-8,11H2,1-3H3. The number of carbonyl (C=O) groups is 1. The number of nitrogens with two attached hydrogens (primary N) is 1. The molecule has 0 amide bonds. The van der Waals surface area contributed by atoms with Crippen molar-refractivity contribution >= 4 is 17.7 Å². The van der Waals surface area contributed by atoms with Crippen molar-refractivity contribution < 1.29 is 9.53 Å². The highest BCUT2D eigenvalue weighted by Crippen LogP contribution is 2.14. The number of carbonyl (C=O) groups excluding carboxylic acids is 1. The number of esters is 1. The summed E-state index contributed by atoms with van der Waals surface area (Å²) in [5.41, 5.74) is 4.98. The zero-order valence-corrected chi connectivity index (χ0v) is 10.2. The van der Waals surface area contributed by atoms with E-state index in [1.165, 1.54) is 19.3 Å². The van der Waals surface area contributed by atoms with Crippen LogP contribution in [0.5, 0.6) is 0 Å². The molecular formula is C10H21NO2S. The van der Waals surface area contributed by atoms with Crippen molar-refractivity contribution in [2.24, 2.45) is 5.73 Å². The summed E-state index contributed by atoms with van der Waals surface area (Å²) >= 11 is 1.91. The summed E-state index contributed by atoms with van der Waals surface area (Å²) in [6.07, 6.45) is 2.85. The maximum absolute atomic E-state index is 11.2. The zero-order valence-electron chi connectivity index (χ0n) is 9.34. The summed E-state index contributed by atoms with van der Waals surface area (Å²) in [5, 5.41) is 0. The molecule has 84 valence electrons. The van der Waals surface area contributed by atoms with Gasteiger partial charge in [-0.05, 0) is 37.7 Å². The van der Waals surface area contributed by atoms with E-state index < -0.39 is 5.54 Å². The molecule has 0 fully saturated rings. The van der Waals surface area contributed by atoms with Gasteiger partial charge < -0.3 is 10.5 Å². The Balaban J connectivity index is 3.60. The van der Waals surface area contributed by atoms with Crippen LogP contribution in [0.3, 0.4) is 0 Å². The molecule has 0 bridgehead atoms. The van der Waals surface area contributed by atoms with E-state index in [2.05, 4.69) is 11.7 Å². The van der Waals surface area contributed by atoms with Gasteiger partial charge in [0.1, 0.15) is 5.54 Å². The van der Waals surface area contributed by atoms with Crippen molar-refractivity contribution in [2.45, 2.75) is 38.6 Å². The van der Waals surface area contributed by atoms with E-state index in [1.807, 2.05) is 11.8 Å². The first kappa shape index (κ1) is 13.8. The minimum absolute atomic E-state index is 0.321. The van der Waals surface area contributed by atoms with Crippen LogP contribution in [0.2, 0.25) is 0 Å². The molecule has 2 N–H and O–H groups in total. The van der Waals surface area contributed by atoms with E-state index >= 15 is 0 Å². The van der Waals surface area contributed by atoms with Crippen LogP contribution in [-0.4, -0.2) is 30.1 Å². The van der Waals surface area contributed by atoms with E-state index in [0.717, 1.165) is 12.2 Å². The van der Waals surface area contributed by atoms with E-state index in [-0.39, 0.29) is 5.97 Å². The van der Waals surface area contributed by atoms with Crippen molar-refractivity contribution in [2.75, 3.05) is 18.6 Å². The zero-order chi connectivity index (χ0) is 11.0. The lowest BCUT2D eigenvalue weighted by molar-refractivity contribution is -0.146. The average molecular weight is 219 g/mol. The van der Waals surface area contributed by atoms with Crippen molar-refractivity contribution in [1.82, 2.24) is 0 Å². The Morgan fingerprint density at radius 3 is 2.64 bits per heavy atom. The third-order valence-electron chi connectivity index (χ3n) is 1.98. The molecule has 0 aliphatic heterocycles. The van der Waals surface area contributed by atoms with Crippen LogP contribution in [0, 0.1) is 0 Å². The Morgan fingerprint density at radius 1 is 1.50 bits per heavy atom. The number of rotatable bonds is 7. The number of ether oxygens (including phenoxy) is 1. The lowest BCUT2D eigenvalue weighted by Gasteiger charge is -2.20. The molecule has 0 rings (SSSR count). The maximum atomic E-state index is 11.2. The molecule has 0 aliphatic carbocycles. The summed E-state index contributed by atoms with van der Waals surface area (Å²) in [6.45, 7) is 3.89. The van der Waals surface area contributed by atoms with Gasteiger partial charge in [-0.1, -0.05) is 6.92 Å². The van der Waals surface area contributed by atoms with Crippen LogP contribution in [0.15, 0.2) is 0 Å². The highest BCUT2D eigenvalue weighted by molar-refractivity contribution is 7.99. The predicted octanol–water partition coefficient (Wildman–Crippen LogP) is 1.80. The van der Waals surface area contributed by atoms with Crippen LogP contribution in [-0.2, 0) is 9.53 Å². The minimum Gasteiger partial charge on any atom is -0.468 e. The first-order valence-corrected chi connectivity index (χ1v) is 6.15. The molecule has 0 aromatic carbocycles. The fourth-order valence-corrected chi connectivity index (χ4v) is 1.96. The number of hydrogen-bond acceptors (Lipinski definition) is 4. The lowest BCUT2D eigenvalue weighted by Crippen LogP contribution is -2.45. The molecule has 0 saturated heterocycles. The smallest absolute Gasteiger partial charge is 0.325 e. The molecule has 14 heavy (non-hydrogen) atoms. The Kier molecular flexibility index (Phi) is 7.01. The summed E-state index contributed by atoms with van der Waals surface area (Å²) in [5.74, 6) is 1.93. The van der Waals surface area contributed by atoms with Gasteiger partial charge in [-0.2, -0.15) is 11.8 Å². The average Bonchev–Trinajstić information content (AvgIpc) is 2.16. The molecule has 0 radical (unpaired) electrons. The minimum atomic E-state index is -0.818. The van der Waals surface area contributed by atoms with Crippen LogP contribution in [0.4, 0.5) is 0 Å². The molecule has 1 atom stereocenters. The van der Waals surface area contributed by atoms with Crippen molar-refractivity contribution in [3.8, 4) is 0 Å². The second-order valence-corrected chi connectivity index (χ2v) is 4.85. The number of hydrogen-bond donors (Lipinski definition) is 1. The molecule has 0 heterocycles. The van der Waals surface area contributed by atoms with Crippen LogP contribution < -0.4 is 5.73 Å². The highest BCUT2D eigenvalue weighted by Gasteiger charge is 2.28. The predicted molar refractivity (Wildman–Crippen MR) is 61.5 cm³/mol. The lowest BCUT2D eigenvalue weighted by atomic mass is 9.98. The van der Waals surface area contributed by atoms with Crippen molar-refractivity contribution in [3.63, 3.8) is 0 Å². The van der Waals surface area contributed by atoms with Crippen LogP contribution in [0.25, 0.3) is 0 Å².